The highest BCUT2D eigenvalue weighted by atomic mass is 19.1. The quantitative estimate of drug-likeness (QED) is 0.821. The van der Waals surface area contributed by atoms with Gasteiger partial charge in [0.2, 0.25) is 11.8 Å². The van der Waals surface area contributed by atoms with Crippen molar-refractivity contribution in [2.24, 2.45) is 0 Å². The van der Waals surface area contributed by atoms with Crippen LogP contribution < -0.4 is 9.80 Å². The Morgan fingerprint density at radius 3 is 2.32 bits per heavy atom. The summed E-state index contributed by atoms with van der Waals surface area (Å²) in [5, 5.41) is 0. The maximum absolute atomic E-state index is 13.1. The molecule has 0 bridgehead atoms. The smallest absolute Gasteiger partial charge is 0.242 e. The van der Waals surface area contributed by atoms with Gasteiger partial charge in [0.1, 0.15) is 12.4 Å². The van der Waals surface area contributed by atoms with E-state index in [9.17, 15) is 14.0 Å². The number of piperazine rings is 1. The van der Waals surface area contributed by atoms with Crippen molar-refractivity contribution < 1.29 is 14.0 Å². The van der Waals surface area contributed by atoms with Gasteiger partial charge < -0.3 is 14.7 Å². The molecule has 28 heavy (non-hydrogen) atoms. The number of hydrogen-bond acceptors (Lipinski definition) is 3. The summed E-state index contributed by atoms with van der Waals surface area (Å²) in [7, 11) is 0. The standard InChI is InChI=1S/C22H24FN3O2/c1-22(2)18-5-3-4-6-19(18)26(21(22)28)15-20(27)25-13-11-24(12-14-25)17-9-7-16(23)8-10-17/h3-10H,11-15H2,1-2H3. The third-order valence-corrected chi connectivity index (χ3v) is 5.77. The first-order valence-corrected chi connectivity index (χ1v) is 9.58. The van der Waals surface area contributed by atoms with Crippen LogP contribution in [0.3, 0.4) is 0 Å². The Kier molecular flexibility index (Phi) is 4.57. The van der Waals surface area contributed by atoms with Gasteiger partial charge in [-0.3, -0.25) is 9.59 Å². The first-order valence-electron chi connectivity index (χ1n) is 9.58. The molecule has 1 fully saturated rings. The van der Waals surface area contributed by atoms with Crippen LogP contribution in [0.2, 0.25) is 0 Å². The highest BCUT2D eigenvalue weighted by Crippen LogP contribution is 2.41. The average Bonchev–Trinajstić information content (AvgIpc) is 2.90. The zero-order chi connectivity index (χ0) is 19.9. The van der Waals surface area contributed by atoms with Crippen molar-refractivity contribution in [1.82, 2.24) is 4.90 Å². The zero-order valence-electron chi connectivity index (χ0n) is 16.2. The van der Waals surface area contributed by atoms with Gasteiger partial charge in [-0.15, -0.1) is 0 Å². The molecule has 5 nitrogen and oxygen atoms in total. The number of carbonyl (C=O) groups is 2. The number of para-hydroxylation sites is 1. The zero-order valence-corrected chi connectivity index (χ0v) is 16.2. The number of fused-ring (bicyclic) bond motifs is 1. The molecule has 0 atom stereocenters. The van der Waals surface area contributed by atoms with Crippen LogP contribution in [0, 0.1) is 5.82 Å². The molecular weight excluding hydrogens is 357 g/mol. The van der Waals surface area contributed by atoms with Crippen molar-refractivity contribution >= 4 is 23.2 Å². The Morgan fingerprint density at radius 2 is 1.64 bits per heavy atom. The van der Waals surface area contributed by atoms with E-state index in [1.807, 2.05) is 38.1 Å². The minimum atomic E-state index is -0.613. The molecule has 2 aromatic carbocycles. The van der Waals surface area contributed by atoms with Gasteiger partial charge in [-0.2, -0.15) is 0 Å². The lowest BCUT2D eigenvalue weighted by molar-refractivity contribution is -0.132. The fraction of sp³-hybridized carbons (Fsp3) is 0.364. The van der Waals surface area contributed by atoms with Gasteiger partial charge in [0.15, 0.2) is 0 Å². The summed E-state index contributed by atoms with van der Waals surface area (Å²) in [6.45, 7) is 6.42. The maximum Gasteiger partial charge on any atom is 0.242 e. The van der Waals surface area contributed by atoms with E-state index in [0.29, 0.717) is 26.2 Å². The van der Waals surface area contributed by atoms with Crippen LogP contribution in [0.25, 0.3) is 0 Å². The Balaban J connectivity index is 1.41. The van der Waals surface area contributed by atoms with Gasteiger partial charge in [0.25, 0.3) is 0 Å². The third-order valence-electron chi connectivity index (χ3n) is 5.77. The highest BCUT2D eigenvalue weighted by Gasteiger charge is 2.44. The largest absolute Gasteiger partial charge is 0.368 e. The molecule has 1 saturated heterocycles. The first kappa shape index (κ1) is 18.5. The van der Waals surface area contributed by atoms with Crippen molar-refractivity contribution in [3.05, 3.63) is 59.9 Å². The van der Waals surface area contributed by atoms with Crippen LogP contribution in [0.5, 0.6) is 0 Å². The van der Waals surface area contributed by atoms with E-state index in [1.54, 1.807) is 21.9 Å². The highest BCUT2D eigenvalue weighted by molar-refractivity contribution is 6.10. The van der Waals surface area contributed by atoms with E-state index < -0.39 is 5.41 Å². The van der Waals surface area contributed by atoms with Gasteiger partial charge in [-0.05, 0) is 49.7 Å². The molecule has 0 aromatic heterocycles. The van der Waals surface area contributed by atoms with E-state index >= 15 is 0 Å². The Hall–Kier alpha value is -2.89. The fourth-order valence-electron chi connectivity index (χ4n) is 4.06. The Bertz CT molecular complexity index is 902. The van der Waals surface area contributed by atoms with E-state index in [0.717, 1.165) is 16.9 Å². The van der Waals surface area contributed by atoms with Crippen molar-refractivity contribution in [3.63, 3.8) is 0 Å². The number of rotatable bonds is 3. The number of carbonyl (C=O) groups excluding carboxylic acids is 2. The molecule has 6 heteroatoms. The molecular formula is C22H24FN3O2. The fourth-order valence-corrected chi connectivity index (χ4v) is 4.06. The minimum Gasteiger partial charge on any atom is -0.368 e. The molecule has 2 aromatic rings. The first-order chi connectivity index (χ1) is 13.4. The van der Waals surface area contributed by atoms with Gasteiger partial charge in [-0.25, -0.2) is 4.39 Å². The van der Waals surface area contributed by atoms with Gasteiger partial charge in [0.05, 0.1) is 5.41 Å². The predicted molar refractivity (Wildman–Crippen MR) is 107 cm³/mol. The summed E-state index contributed by atoms with van der Waals surface area (Å²) in [4.78, 5) is 31.3. The molecule has 2 heterocycles. The van der Waals surface area contributed by atoms with Crippen LogP contribution in [0.15, 0.2) is 48.5 Å². The van der Waals surface area contributed by atoms with Crippen LogP contribution in [0.4, 0.5) is 15.8 Å². The molecule has 146 valence electrons. The SMILES string of the molecule is CC1(C)C(=O)N(CC(=O)N2CCN(c3ccc(F)cc3)CC2)c2ccccc21. The molecule has 2 aliphatic heterocycles. The number of amides is 2. The van der Waals surface area contributed by atoms with Crippen molar-refractivity contribution in [2.45, 2.75) is 19.3 Å². The van der Waals surface area contributed by atoms with E-state index in [1.165, 1.54) is 12.1 Å². The number of halogens is 1. The molecule has 0 saturated carbocycles. The predicted octanol–water partition coefficient (Wildman–Crippen LogP) is 2.80. The number of nitrogens with zero attached hydrogens (tertiary/aromatic N) is 3. The number of benzene rings is 2. The van der Waals surface area contributed by atoms with Crippen LogP contribution in [-0.4, -0.2) is 49.4 Å². The topological polar surface area (TPSA) is 43.9 Å². The van der Waals surface area contributed by atoms with Gasteiger partial charge >= 0.3 is 0 Å². The monoisotopic (exact) mass is 381 g/mol. The summed E-state index contributed by atoms with van der Waals surface area (Å²) < 4.78 is 13.1. The lowest BCUT2D eigenvalue weighted by Gasteiger charge is -2.36. The molecule has 2 aliphatic rings. The van der Waals surface area contributed by atoms with Crippen LogP contribution >= 0.6 is 0 Å². The molecule has 0 spiro atoms. The van der Waals surface area contributed by atoms with E-state index in [2.05, 4.69) is 4.90 Å². The van der Waals surface area contributed by atoms with Crippen LogP contribution in [-0.2, 0) is 15.0 Å². The second-order valence-corrected chi connectivity index (χ2v) is 7.88. The number of anilines is 2. The lowest BCUT2D eigenvalue weighted by Crippen LogP contribution is -2.52. The molecule has 0 unspecified atom stereocenters. The van der Waals surface area contributed by atoms with Crippen LogP contribution in [0.1, 0.15) is 19.4 Å². The maximum atomic E-state index is 13.1. The second-order valence-electron chi connectivity index (χ2n) is 7.88. The second kappa shape index (κ2) is 6.93. The summed E-state index contributed by atoms with van der Waals surface area (Å²) in [6.07, 6.45) is 0. The Labute approximate surface area is 164 Å². The summed E-state index contributed by atoms with van der Waals surface area (Å²) in [5.74, 6) is -0.331. The van der Waals surface area contributed by atoms with E-state index in [4.69, 9.17) is 0 Å². The third kappa shape index (κ3) is 3.13. The lowest BCUT2D eigenvalue weighted by atomic mass is 9.86. The van der Waals surface area contributed by atoms with Crippen molar-refractivity contribution in [1.29, 1.82) is 0 Å². The summed E-state index contributed by atoms with van der Waals surface area (Å²) in [6, 6.07) is 14.1. The molecule has 0 radical (unpaired) electrons. The summed E-state index contributed by atoms with van der Waals surface area (Å²) in [5.41, 5.74) is 2.14. The normalized spacial score (nSPS) is 18.4. The van der Waals surface area contributed by atoms with Crippen molar-refractivity contribution in [3.8, 4) is 0 Å². The molecule has 2 amide bonds. The molecule has 0 aliphatic carbocycles. The van der Waals surface area contributed by atoms with Crippen molar-refractivity contribution in [2.75, 3.05) is 42.5 Å². The Morgan fingerprint density at radius 1 is 1.00 bits per heavy atom. The summed E-state index contributed by atoms with van der Waals surface area (Å²) >= 11 is 0. The molecule has 0 N–H and O–H groups in total. The molecule has 4 rings (SSSR count). The van der Waals surface area contributed by atoms with E-state index in [-0.39, 0.29) is 24.2 Å². The van der Waals surface area contributed by atoms with Gasteiger partial charge in [-0.1, -0.05) is 18.2 Å². The minimum absolute atomic E-state index is 0.0352. The number of hydrogen-bond donors (Lipinski definition) is 0. The average molecular weight is 381 g/mol. The van der Waals surface area contributed by atoms with Gasteiger partial charge in [0, 0.05) is 37.6 Å².